The Hall–Kier alpha value is -2.76. The molecule has 2 aromatic rings. The molecule has 11 heteroatoms. The third-order valence-electron chi connectivity index (χ3n) is 5.92. The van der Waals surface area contributed by atoms with Gasteiger partial charge in [-0.2, -0.15) is 9.29 Å². The van der Waals surface area contributed by atoms with E-state index >= 15 is 0 Å². The maximum atomic E-state index is 12.8. The summed E-state index contributed by atoms with van der Waals surface area (Å²) in [6.07, 6.45) is 2.93. The molecule has 2 fully saturated rings. The molecule has 1 N–H and O–H groups in total. The van der Waals surface area contributed by atoms with Gasteiger partial charge < -0.3 is 20.0 Å². The number of piperazine rings is 1. The number of carbonyl (C=O) groups excluding carboxylic acids is 1. The van der Waals surface area contributed by atoms with Crippen LogP contribution in [0, 0.1) is 0 Å². The summed E-state index contributed by atoms with van der Waals surface area (Å²) in [6, 6.07) is 9.56. The maximum Gasteiger partial charge on any atom is 0.253 e. The molecular weight excluding hydrogens is 430 g/mol. The summed E-state index contributed by atoms with van der Waals surface area (Å²) in [5.41, 5.74) is 1.39. The SMILES string of the molecule is CN(C)C1CN(c2nccc(Nc3ccc(C(=O)N4CCN(S(C)(=O)=O)CC4)cc3)n2)C1. The molecule has 3 heterocycles. The third kappa shape index (κ3) is 5.00. The summed E-state index contributed by atoms with van der Waals surface area (Å²) in [6.45, 7) is 3.25. The van der Waals surface area contributed by atoms with Gasteiger partial charge in [-0.25, -0.2) is 13.4 Å². The van der Waals surface area contributed by atoms with Gasteiger partial charge in [-0.15, -0.1) is 0 Å². The Labute approximate surface area is 188 Å². The zero-order chi connectivity index (χ0) is 22.9. The lowest BCUT2D eigenvalue weighted by Crippen LogP contribution is -2.58. The van der Waals surface area contributed by atoms with Crippen LogP contribution in [0.15, 0.2) is 36.5 Å². The van der Waals surface area contributed by atoms with Gasteiger partial charge in [0.1, 0.15) is 5.82 Å². The fourth-order valence-electron chi connectivity index (χ4n) is 3.77. The van der Waals surface area contributed by atoms with Crippen molar-refractivity contribution in [2.45, 2.75) is 6.04 Å². The van der Waals surface area contributed by atoms with Crippen molar-refractivity contribution in [2.24, 2.45) is 0 Å². The Morgan fingerprint density at radius 3 is 2.31 bits per heavy atom. The van der Waals surface area contributed by atoms with Crippen LogP contribution >= 0.6 is 0 Å². The standard InChI is InChI=1S/C21H29N7O3S/c1-25(2)18-14-27(15-18)21-22-9-8-19(24-21)23-17-6-4-16(5-7-17)20(29)26-10-12-28(13-11-26)32(3,30)31/h4-9,18H,10-15H2,1-3H3,(H,22,23,24). The van der Waals surface area contributed by atoms with E-state index in [2.05, 4.69) is 39.2 Å². The van der Waals surface area contributed by atoms with Gasteiger partial charge in [0.15, 0.2) is 0 Å². The van der Waals surface area contributed by atoms with Gasteiger partial charge in [-0.3, -0.25) is 4.79 Å². The molecule has 2 saturated heterocycles. The summed E-state index contributed by atoms with van der Waals surface area (Å²) < 4.78 is 24.7. The maximum absolute atomic E-state index is 12.8. The quantitative estimate of drug-likeness (QED) is 0.673. The van der Waals surface area contributed by atoms with Crippen LogP contribution in [0.2, 0.25) is 0 Å². The monoisotopic (exact) mass is 459 g/mol. The number of rotatable bonds is 6. The molecule has 10 nitrogen and oxygen atoms in total. The van der Waals surface area contributed by atoms with E-state index in [0.717, 1.165) is 18.8 Å². The minimum atomic E-state index is -3.22. The van der Waals surface area contributed by atoms with Gasteiger partial charge >= 0.3 is 0 Å². The molecule has 2 aliphatic heterocycles. The first-order chi connectivity index (χ1) is 15.2. The molecule has 0 atom stereocenters. The highest BCUT2D eigenvalue weighted by Crippen LogP contribution is 2.22. The molecule has 1 amide bonds. The number of aromatic nitrogens is 2. The van der Waals surface area contributed by atoms with Crippen molar-refractivity contribution in [1.82, 2.24) is 24.1 Å². The molecule has 1 aromatic heterocycles. The number of likely N-dealkylation sites (N-methyl/N-ethyl adjacent to an activating group) is 1. The molecule has 0 unspecified atom stereocenters. The Bertz CT molecular complexity index is 1060. The number of amides is 1. The lowest BCUT2D eigenvalue weighted by atomic mass is 10.1. The summed E-state index contributed by atoms with van der Waals surface area (Å²) in [5.74, 6) is 1.30. The van der Waals surface area contributed by atoms with Gasteiger partial charge in [-0.05, 0) is 44.4 Å². The second kappa shape index (κ2) is 9.00. The zero-order valence-corrected chi connectivity index (χ0v) is 19.4. The highest BCUT2D eigenvalue weighted by molar-refractivity contribution is 7.88. The minimum absolute atomic E-state index is 0.0951. The van der Waals surface area contributed by atoms with Gasteiger partial charge in [0.2, 0.25) is 16.0 Å². The molecule has 1 aromatic carbocycles. The van der Waals surface area contributed by atoms with Gasteiger partial charge in [0, 0.05) is 62.8 Å². The molecular formula is C21H29N7O3S. The molecule has 0 bridgehead atoms. The summed E-state index contributed by atoms with van der Waals surface area (Å²) in [5, 5.41) is 3.26. The number of anilines is 3. The van der Waals surface area contributed by atoms with Crippen LogP contribution in [0.25, 0.3) is 0 Å². The molecule has 172 valence electrons. The second-order valence-electron chi connectivity index (χ2n) is 8.42. The first-order valence-corrected chi connectivity index (χ1v) is 12.4. The predicted molar refractivity (Wildman–Crippen MR) is 124 cm³/mol. The van der Waals surface area contributed by atoms with E-state index in [0.29, 0.717) is 49.6 Å². The number of benzene rings is 1. The molecule has 32 heavy (non-hydrogen) atoms. The fraction of sp³-hybridized carbons (Fsp3) is 0.476. The number of hydrogen-bond acceptors (Lipinski definition) is 8. The van der Waals surface area contributed by atoms with Gasteiger partial charge in [-0.1, -0.05) is 0 Å². The van der Waals surface area contributed by atoms with E-state index in [1.54, 1.807) is 23.2 Å². The van der Waals surface area contributed by atoms with Crippen molar-refractivity contribution in [3.05, 3.63) is 42.1 Å². The van der Waals surface area contributed by atoms with Crippen molar-refractivity contribution in [3.63, 3.8) is 0 Å². The number of sulfonamides is 1. The van der Waals surface area contributed by atoms with Crippen molar-refractivity contribution >= 4 is 33.4 Å². The Kier molecular flexibility index (Phi) is 6.31. The highest BCUT2D eigenvalue weighted by atomic mass is 32.2. The number of hydrogen-bond donors (Lipinski definition) is 1. The number of carbonyl (C=O) groups is 1. The van der Waals surface area contributed by atoms with E-state index < -0.39 is 10.0 Å². The van der Waals surface area contributed by atoms with Crippen molar-refractivity contribution in [2.75, 3.05) is 69.8 Å². The largest absolute Gasteiger partial charge is 0.340 e. The average molecular weight is 460 g/mol. The Balaban J connectivity index is 1.34. The predicted octanol–water partition coefficient (Wildman–Crippen LogP) is 0.688. The van der Waals surface area contributed by atoms with Crippen LogP contribution in [0.1, 0.15) is 10.4 Å². The van der Waals surface area contributed by atoms with Crippen LogP contribution < -0.4 is 10.2 Å². The highest BCUT2D eigenvalue weighted by Gasteiger charge is 2.30. The van der Waals surface area contributed by atoms with E-state index in [1.807, 2.05) is 18.2 Å². The molecule has 0 saturated carbocycles. The van der Waals surface area contributed by atoms with Crippen LogP contribution in [0.3, 0.4) is 0 Å². The van der Waals surface area contributed by atoms with Crippen molar-refractivity contribution in [3.8, 4) is 0 Å². The fourth-order valence-corrected chi connectivity index (χ4v) is 4.59. The summed E-state index contributed by atoms with van der Waals surface area (Å²) >= 11 is 0. The first kappa shape index (κ1) is 22.4. The number of nitrogens with zero attached hydrogens (tertiary/aromatic N) is 6. The zero-order valence-electron chi connectivity index (χ0n) is 18.6. The van der Waals surface area contributed by atoms with Crippen LogP contribution in [0.4, 0.5) is 17.5 Å². The molecule has 2 aliphatic rings. The lowest BCUT2D eigenvalue weighted by molar-refractivity contribution is 0.0698. The van der Waals surface area contributed by atoms with Crippen LogP contribution in [-0.4, -0.2) is 104 Å². The van der Waals surface area contributed by atoms with Crippen LogP contribution in [-0.2, 0) is 10.0 Å². The Morgan fingerprint density at radius 2 is 1.72 bits per heavy atom. The van der Waals surface area contributed by atoms with Crippen molar-refractivity contribution in [1.29, 1.82) is 0 Å². The minimum Gasteiger partial charge on any atom is -0.340 e. The first-order valence-electron chi connectivity index (χ1n) is 10.6. The van der Waals surface area contributed by atoms with E-state index in [-0.39, 0.29) is 5.91 Å². The van der Waals surface area contributed by atoms with E-state index in [9.17, 15) is 13.2 Å². The second-order valence-corrected chi connectivity index (χ2v) is 10.4. The molecule has 0 aliphatic carbocycles. The summed E-state index contributed by atoms with van der Waals surface area (Å²) in [4.78, 5) is 27.8. The van der Waals surface area contributed by atoms with E-state index in [4.69, 9.17) is 0 Å². The average Bonchev–Trinajstić information content (AvgIpc) is 2.72. The van der Waals surface area contributed by atoms with E-state index in [1.165, 1.54) is 10.6 Å². The molecule has 0 spiro atoms. The van der Waals surface area contributed by atoms with Crippen molar-refractivity contribution < 1.29 is 13.2 Å². The molecule has 0 radical (unpaired) electrons. The smallest absolute Gasteiger partial charge is 0.253 e. The third-order valence-corrected chi connectivity index (χ3v) is 7.22. The van der Waals surface area contributed by atoms with Gasteiger partial charge in [0.25, 0.3) is 5.91 Å². The molecule has 4 rings (SSSR count). The lowest BCUT2D eigenvalue weighted by Gasteiger charge is -2.42. The topological polar surface area (TPSA) is 102 Å². The van der Waals surface area contributed by atoms with Crippen LogP contribution in [0.5, 0.6) is 0 Å². The normalized spacial score (nSPS) is 18.0. The Morgan fingerprint density at radius 1 is 1.06 bits per heavy atom. The van der Waals surface area contributed by atoms with Gasteiger partial charge in [0.05, 0.1) is 6.26 Å². The number of nitrogens with one attached hydrogen (secondary N) is 1. The summed E-state index contributed by atoms with van der Waals surface area (Å²) in [7, 11) is 0.932.